The number of aliphatic hydroxyl groups is 1. The molecule has 0 fully saturated rings. The molecule has 1 aliphatic rings. The Bertz CT molecular complexity index is 859. The number of ether oxygens (including phenoxy) is 2. The summed E-state index contributed by atoms with van der Waals surface area (Å²) >= 11 is 0. The van der Waals surface area contributed by atoms with Gasteiger partial charge in [0.15, 0.2) is 0 Å². The SMILES string of the molecule is C=CCOC(=O)NCC(CO)(CNC(=O)OC(C)(C)C)CN1C(=O)c2ccccc2C1=O. The van der Waals surface area contributed by atoms with Crippen LogP contribution >= 0.6 is 0 Å². The van der Waals surface area contributed by atoms with Crippen molar-refractivity contribution in [2.75, 3.05) is 32.8 Å². The maximum absolute atomic E-state index is 12.8. The minimum atomic E-state index is -1.29. The summed E-state index contributed by atoms with van der Waals surface area (Å²) < 4.78 is 10.1. The van der Waals surface area contributed by atoms with Crippen LogP contribution in [0.15, 0.2) is 36.9 Å². The molecule has 10 nitrogen and oxygen atoms in total. The van der Waals surface area contributed by atoms with E-state index in [9.17, 15) is 24.3 Å². The van der Waals surface area contributed by atoms with Gasteiger partial charge in [0.1, 0.15) is 12.2 Å². The highest BCUT2D eigenvalue weighted by Gasteiger charge is 2.42. The summed E-state index contributed by atoms with van der Waals surface area (Å²) in [5.41, 5.74) is -1.54. The van der Waals surface area contributed by atoms with E-state index in [1.807, 2.05) is 0 Å². The molecule has 1 unspecified atom stereocenters. The summed E-state index contributed by atoms with van der Waals surface area (Å²) in [6.45, 7) is 7.33. The third-order valence-corrected chi connectivity index (χ3v) is 4.65. The molecule has 1 aliphatic heterocycles. The second kappa shape index (κ2) is 10.3. The van der Waals surface area contributed by atoms with Gasteiger partial charge < -0.3 is 25.2 Å². The van der Waals surface area contributed by atoms with Crippen LogP contribution in [0.3, 0.4) is 0 Å². The van der Waals surface area contributed by atoms with Crippen LogP contribution in [0.4, 0.5) is 9.59 Å². The van der Waals surface area contributed by atoms with E-state index in [4.69, 9.17) is 9.47 Å². The molecule has 1 atom stereocenters. The van der Waals surface area contributed by atoms with Gasteiger partial charge in [-0.2, -0.15) is 0 Å². The van der Waals surface area contributed by atoms with Crippen molar-refractivity contribution in [3.05, 3.63) is 48.0 Å². The first-order valence-electron chi connectivity index (χ1n) is 10.1. The maximum Gasteiger partial charge on any atom is 0.407 e. The number of fused-ring (bicyclic) bond motifs is 1. The number of rotatable bonds is 9. The van der Waals surface area contributed by atoms with Crippen LogP contribution in [-0.2, 0) is 9.47 Å². The molecule has 0 saturated heterocycles. The number of hydrogen-bond acceptors (Lipinski definition) is 7. The molecule has 2 rings (SSSR count). The van der Waals surface area contributed by atoms with Gasteiger partial charge in [-0.15, -0.1) is 0 Å². The first-order valence-corrected chi connectivity index (χ1v) is 10.1. The first-order chi connectivity index (χ1) is 15.0. The summed E-state index contributed by atoms with van der Waals surface area (Å²) in [6.07, 6.45) is -0.129. The molecule has 1 heterocycles. The molecule has 174 valence electrons. The quantitative estimate of drug-likeness (QED) is 0.387. The monoisotopic (exact) mass is 447 g/mol. The fourth-order valence-electron chi connectivity index (χ4n) is 3.07. The highest BCUT2D eigenvalue weighted by atomic mass is 16.6. The standard InChI is InChI=1S/C22H29N3O7/c1-5-10-31-19(29)23-11-22(14-26,12-24-20(30)32-21(2,3)4)13-25-17(27)15-8-6-7-9-16(15)18(25)28/h5-9,26H,1,10-14H2,2-4H3,(H,23,29)(H,24,30). The van der Waals surface area contributed by atoms with Crippen molar-refractivity contribution >= 4 is 24.0 Å². The van der Waals surface area contributed by atoms with Gasteiger partial charge in [-0.05, 0) is 32.9 Å². The van der Waals surface area contributed by atoms with Crippen LogP contribution in [0.25, 0.3) is 0 Å². The summed E-state index contributed by atoms with van der Waals surface area (Å²) in [4.78, 5) is 50.7. The van der Waals surface area contributed by atoms with Gasteiger partial charge in [0.2, 0.25) is 0 Å². The molecule has 0 spiro atoms. The number of amides is 4. The average Bonchev–Trinajstić information content (AvgIpc) is 2.98. The Labute approximate surface area is 186 Å². The number of nitrogens with one attached hydrogen (secondary N) is 2. The zero-order valence-electron chi connectivity index (χ0n) is 18.5. The number of carbonyl (C=O) groups excluding carboxylic acids is 4. The van der Waals surface area contributed by atoms with Crippen molar-refractivity contribution in [1.29, 1.82) is 0 Å². The Balaban J connectivity index is 2.21. The van der Waals surface area contributed by atoms with Crippen molar-refractivity contribution in [2.45, 2.75) is 26.4 Å². The van der Waals surface area contributed by atoms with E-state index in [-0.39, 0.29) is 37.4 Å². The Morgan fingerprint density at radius 2 is 1.59 bits per heavy atom. The Morgan fingerprint density at radius 1 is 1.06 bits per heavy atom. The normalized spacial score (nSPS) is 14.9. The van der Waals surface area contributed by atoms with Crippen LogP contribution < -0.4 is 10.6 Å². The van der Waals surface area contributed by atoms with E-state index in [0.717, 1.165) is 4.90 Å². The van der Waals surface area contributed by atoms with Gasteiger partial charge >= 0.3 is 12.2 Å². The van der Waals surface area contributed by atoms with Crippen LogP contribution in [-0.4, -0.2) is 72.5 Å². The van der Waals surface area contributed by atoms with Crippen molar-refractivity contribution in [2.24, 2.45) is 5.41 Å². The smallest absolute Gasteiger partial charge is 0.407 e. The van der Waals surface area contributed by atoms with E-state index in [1.54, 1.807) is 45.0 Å². The number of nitrogens with zero attached hydrogens (tertiary/aromatic N) is 1. The molecular formula is C22H29N3O7. The van der Waals surface area contributed by atoms with E-state index >= 15 is 0 Å². The van der Waals surface area contributed by atoms with Crippen molar-refractivity contribution in [3.63, 3.8) is 0 Å². The van der Waals surface area contributed by atoms with Gasteiger partial charge in [0.05, 0.1) is 17.7 Å². The summed E-state index contributed by atoms with van der Waals surface area (Å²) in [7, 11) is 0. The summed E-state index contributed by atoms with van der Waals surface area (Å²) in [6, 6.07) is 6.38. The topological polar surface area (TPSA) is 134 Å². The van der Waals surface area contributed by atoms with E-state index in [1.165, 1.54) is 6.08 Å². The molecule has 1 aromatic rings. The fourth-order valence-corrected chi connectivity index (χ4v) is 3.07. The number of benzene rings is 1. The molecule has 1 aromatic carbocycles. The number of carbonyl (C=O) groups is 4. The minimum Gasteiger partial charge on any atom is -0.445 e. The Hall–Kier alpha value is -3.40. The zero-order valence-corrected chi connectivity index (χ0v) is 18.5. The number of aliphatic hydroxyl groups excluding tert-OH is 1. The average molecular weight is 447 g/mol. The predicted octanol–water partition coefficient (Wildman–Crippen LogP) is 1.70. The molecule has 32 heavy (non-hydrogen) atoms. The molecule has 0 aliphatic carbocycles. The summed E-state index contributed by atoms with van der Waals surface area (Å²) in [5, 5.41) is 15.3. The Morgan fingerprint density at radius 3 is 2.06 bits per heavy atom. The second-order valence-corrected chi connectivity index (χ2v) is 8.50. The molecule has 0 saturated carbocycles. The van der Waals surface area contributed by atoms with Crippen LogP contribution in [0.1, 0.15) is 41.5 Å². The summed E-state index contributed by atoms with van der Waals surface area (Å²) in [5.74, 6) is -1.04. The van der Waals surface area contributed by atoms with Crippen molar-refractivity contribution in [1.82, 2.24) is 15.5 Å². The maximum atomic E-state index is 12.8. The first kappa shape index (κ1) is 24.9. The Kier molecular flexibility index (Phi) is 7.98. The lowest BCUT2D eigenvalue weighted by Gasteiger charge is -2.35. The lowest BCUT2D eigenvalue weighted by Crippen LogP contribution is -2.55. The van der Waals surface area contributed by atoms with Crippen LogP contribution in [0.2, 0.25) is 0 Å². The molecular weight excluding hydrogens is 418 g/mol. The number of imide groups is 1. The highest BCUT2D eigenvalue weighted by Crippen LogP contribution is 2.27. The van der Waals surface area contributed by atoms with E-state index in [0.29, 0.717) is 0 Å². The van der Waals surface area contributed by atoms with Crippen molar-refractivity contribution < 1.29 is 33.8 Å². The fraction of sp³-hybridized carbons (Fsp3) is 0.455. The largest absolute Gasteiger partial charge is 0.445 e. The zero-order chi connectivity index (χ0) is 23.9. The minimum absolute atomic E-state index is 0.0213. The third kappa shape index (κ3) is 6.30. The molecule has 0 radical (unpaired) electrons. The predicted molar refractivity (Wildman–Crippen MR) is 115 cm³/mol. The lowest BCUT2D eigenvalue weighted by molar-refractivity contribution is 0.0375. The van der Waals surface area contributed by atoms with Gasteiger partial charge in [-0.3, -0.25) is 14.5 Å². The molecule has 3 N–H and O–H groups in total. The third-order valence-electron chi connectivity index (χ3n) is 4.65. The molecule has 4 amide bonds. The molecule has 0 bridgehead atoms. The van der Waals surface area contributed by atoms with E-state index in [2.05, 4.69) is 17.2 Å². The molecule has 10 heteroatoms. The van der Waals surface area contributed by atoms with Gasteiger partial charge in [-0.1, -0.05) is 24.8 Å². The number of hydrogen-bond donors (Lipinski definition) is 3. The molecule has 0 aromatic heterocycles. The van der Waals surface area contributed by atoms with Gasteiger partial charge in [0.25, 0.3) is 11.8 Å². The number of alkyl carbamates (subject to hydrolysis) is 2. The second-order valence-electron chi connectivity index (χ2n) is 8.50. The van der Waals surface area contributed by atoms with Gasteiger partial charge in [0, 0.05) is 25.0 Å². The van der Waals surface area contributed by atoms with Crippen LogP contribution in [0, 0.1) is 5.41 Å². The van der Waals surface area contributed by atoms with Crippen molar-refractivity contribution in [3.8, 4) is 0 Å². The van der Waals surface area contributed by atoms with Crippen LogP contribution in [0.5, 0.6) is 0 Å². The van der Waals surface area contributed by atoms with Gasteiger partial charge in [-0.25, -0.2) is 9.59 Å². The lowest BCUT2D eigenvalue weighted by atomic mass is 9.87. The highest BCUT2D eigenvalue weighted by molar-refractivity contribution is 6.21. The van der Waals surface area contributed by atoms with E-state index < -0.39 is 41.6 Å².